The van der Waals surface area contributed by atoms with Crippen molar-refractivity contribution in [3.05, 3.63) is 68.9 Å². The third-order valence-electron chi connectivity index (χ3n) is 6.05. The number of allylic oxidation sites excluding steroid dienone is 1. The van der Waals surface area contributed by atoms with Crippen molar-refractivity contribution in [1.29, 1.82) is 0 Å². The third kappa shape index (κ3) is 14.6. The number of Topliss-reactive ketones (excluding diaryl/α,β-unsaturated/α-hetero) is 1. The lowest BCUT2D eigenvalue weighted by Gasteiger charge is -2.30. The summed E-state index contributed by atoms with van der Waals surface area (Å²) in [6.45, 7) is 10.5. The summed E-state index contributed by atoms with van der Waals surface area (Å²) in [6, 6.07) is 8.99. The third-order valence-corrected chi connectivity index (χ3v) is 6.72. The van der Waals surface area contributed by atoms with Gasteiger partial charge < -0.3 is 35.1 Å². The number of hydrogen-bond acceptors (Lipinski definition) is 12. The van der Waals surface area contributed by atoms with Gasteiger partial charge in [-0.05, 0) is 48.2 Å². The number of methoxy groups -OCH3 is 2. The molecule has 1 aliphatic rings. The molecule has 0 saturated carbocycles. The lowest BCUT2D eigenvalue weighted by Crippen LogP contribution is -2.42. The number of amides is 1. The second-order valence-corrected chi connectivity index (χ2v) is 12.7. The smallest absolute Gasteiger partial charge is 0.352 e. The maximum atomic E-state index is 11.8. The number of benzene rings is 2. The molecule has 0 radical (unpaired) electrons. The number of anilines is 2. The highest BCUT2D eigenvalue weighted by molar-refractivity contribution is 6.34. The fourth-order valence-corrected chi connectivity index (χ4v) is 4.21. The summed E-state index contributed by atoms with van der Waals surface area (Å²) in [7, 11) is 2.58. The molecule has 15 heteroatoms. The number of nitrogens with two attached hydrogens (primary N) is 1. The fourth-order valence-electron chi connectivity index (χ4n) is 3.93. The van der Waals surface area contributed by atoms with E-state index in [0.717, 1.165) is 0 Å². The molecule has 2 aromatic rings. The number of cyclic esters (lactones) is 2. The highest BCUT2D eigenvalue weighted by Crippen LogP contribution is 2.26. The number of ketones is 1. The van der Waals surface area contributed by atoms with Crippen LogP contribution in [0.15, 0.2) is 47.7 Å². The largest absolute Gasteiger partial charge is 0.511 e. The molecule has 0 spiro atoms. The molecule has 4 N–H and O–H groups in total. The van der Waals surface area contributed by atoms with E-state index in [1.54, 1.807) is 12.1 Å². The summed E-state index contributed by atoms with van der Waals surface area (Å²) < 4.78 is 18.8. The van der Waals surface area contributed by atoms with Gasteiger partial charge in [0.2, 0.25) is 5.91 Å². The molecule has 0 unspecified atom stereocenters. The molecule has 3 rings (SSSR count). The van der Waals surface area contributed by atoms with Crippen LogP contribution in [0.2, 0.25) is 10.0 Å². The Morgan fingerprint density at radius 1 is 0.837 bits per heavy atom. The van der Waals surface area contributed by atoms with E-state index in [4.69, 9.17) is 38.4 Å². The Balaban J connectivity index is 0.000000382. The summed E-state index contributed by atoms with van der Waals surface area (Å²) >= 11 is 11.6. The maximum Gasteiger partial charge on any atom is 0.352 e. The first kappa shape index (κ1) is 42.4. The van der Waals surface area contributed by atoms with Crippen molar-refractivity contribution in [2.24, 2.45) is 11.8 Å². The molecule has 1 fully saturated rings. The number of rotatable bonds is 9. The molecule has 1 amide bonds. The van der Waals surface area contributed by atoms with Gasteiger partial charge in [0.25, 0.3) is 5.79 Å². The summed E-state index contributed by atoms with van der Waals surface area (Å²) in [5.41, 5.74) is 6.40. The van der Waals surface area contributed by atoms with Crippen LogP contribution in [0.4, 0.5) is 11.4 Å². The first-order chi connectivity index (χ1) is 22.7. The minimum Gasteiger partial charge on any atom is -0.511 e. The van der Waals surface area contributed by atoms with Crippen LogP contribution in [0, 0.1) is 11.8 Å². The molecule has 13 nitrogen and oxygen atoms in total. The van der Waals surface area contributed by atoms with Gasteiger partial charge in [-0.1, -0.05) is 50.9 Å². The fraction of sp³-hybridized carbons (Fsp3) is 0.412. The molecule has 1 saturated heterocycles. The van der Waals surface area contributed by atoms with E-state index in [1.807, 2.05) is 27.7 Å². The van der Waals surface area contributed by atoms with Crippen LogP contribution in [0.5, 0.6) is 0 Å². The standard InChI is InChI=1S/C15H18ClNO4.C11H16O5.C8H8ClNO2/c1-9(2)6-11(18)8-14(19)17-13-7-10(15(20)21-3)4-5-12(13)16;1-6(2)5-7(12)8-9(13)15-11(3,4)16-10(8)14;1-12-8(11)5-2-3-6(9)7(10)4-5/h4-5,7,9H,6,8H2,1-3H3,(H,17,19);6,12H,5H2,1-4H3;2-4H,10H2,1H3. The SMILES string of the molecule is CC(C)CC(O)=C1C(=O)OC(C)(C)OC1=O.COC(=O)c1ccc(Cl)c(N)c1.COC(=O)c1ccc(Cl)c(NC(=O)CC(=O)CC(C)C)c1. The van der Waals surface area contributed by atoms with Crippen LogP contribution in [0.1, 0.15) is 81.5 Å². The van der Waals surface area contributed by atoms with Crippen molar-refractivity contribution in [1.82, 2.24) is 0 Å². The van der Waals surface area contributed by atoms with Gasteiger partial charge in [-0.15, -0.1) is 0 Å². The lowest BCUT2D eigenvalue weighted by molar-refractivity contribution is -0.222. The molecule has 0 aliphatic carbocycles. The van der Waals surface area contributed by atoms with Gasteiger partial charge in [0, 0.05) is 26.7 Å². The van der Waals surface area contributed by atoms with Crippen molar-refractivity contribution < 1.29 is 52.8 Å². The topological polar surface area (TPSA) is 198 Å². The zero-order valence-corrected chi connectivity index (χ0v) is 30.1. The van der Waals surface area contributed by atoms with E-state index < -0.39 is 41.1 Å². The number of carbonyl (C=O) groups excluding carboxylic acids is 6. The summed E-state index contributed by atoms with van der Waals surface area (Å²) in [5, 5.41) is 12.9. The van der Waals surface area contributed by atoms with E-state index in [1.165, 1.54) is 52.3 Å². The summed E-state index contributed by atoms with van der Waals surface area (Å²) in [4.78, 5) is 68.8. The molecule has 2 aromatic carbocycles. The van der Waals surface area contributed by atoms with Crippen molar-refractivity contribution in [2.45, 2.75) is 66.6 Å². The number of carbonyl (C=O) groups is 6. The molecule has 0 aromatic heterocycles. The average Bonchev–Trinajstić information content (AvgIpc) is 2.97. The highest BCUT2D eigenvalue weighted by atomic mass is 35.5. The van der Waals surface area contributed by atoms with Gasteiger partial charge in [0.05, 0.1) is 53.2 Å². The van der Waals surface area contributed by atoms with Crippen LogP contribution in [0.3, 0.4) is 0 Å². The van der Waals surface area contributed by atoms with Crippen LogP contribution >= 0.6 is 23.2 Å². The number of hydrogen-bond donors (Lipinski definition) is 3. The van der Waals surface area contributed by atoms with Crippen molar-refractivity contribution >= 4 is 70.1 Å². The first-order valence-corrected chi connectivity index (χ1v) is 15.7. The maximum absolute atomic E-state index is 11.8. The van der Waals surface area contributed by atoms with Crippen molar-refractivity contribution in [3.8, 4) is 0 Å². The lowest BCUT2D eigenvalue weighted by atomic mass is 10.0. The average molecular weight is 726 g/mol. The molecule has 0 atom stereocenters. The Labute approximate surface area is 295 Å². The van der Waals surface area contributed by atoms with Gasteiger partial charge >= 0.3 is 23.9 Å². The number of esters is 4. The molecular formula is C34H42Cl2N2O11. The van der Waals surface area contributed by atoms with Gasteiger partial charge in [-0.25, -0.2) is 19.2 Å². The monoisotopic (exact) mass is 724 g/mol. The number of aliphatic hydroxyl groups excluding tert-OH is 1. The van der Waals surface area contributed by atoms with Crippen LogP contribution in [0.25, 0.3) is 0 Å². The Hall–Kier alpha value is -4.62. The van der Waals surface area contributed by atoms with Crippen LogP contribution in [-0.4, -0.2) is 60.7 Å². The minimum absolute atomic E-state index is 0.128. The number of nitrogen functional groups attached to an aromatic ring is 1. The second-order valence-electron chi connectivity index (χ2n) is 11.9. The Bertz CT molecular complexity index is 1560. The van der Waals surface area contributed by atoms with E-state index >= 15 is 0 Å². The van der Waals surface area contributed by atoms with E-state index in [2.05, 4.69) is 14.8 Å². The number of ether oxygens (including phenoxy) is 4. The first-order valence-electron chi connectivity index (χ1n) is 14.9. The van der Waals surface area contributed by atoms with Gasteiger partial charge in [-0.2, -0.15) is 0 Å². The van der Waals surface area contributed by atoms with Gasteiger partial charge in [-0.3, -0.25) is 9.59 Å². The number of nitrogens with one attached hydrogen (secondary N) is 1. The Morgan fingerprint density at radius 2 is 1.31 bits per heavy atom. The molecule has 1 aliphatic heterocycles. The summed E-state index contributed by atoms with van der Waals surface area (Å²) in [6.07, 6.45) is 0.375. The zero-order valence-electron chi connectivity index (χ0n) is 28.6. The molecule has 49 heavy (non-hydrogen) atoms. The molecule has 268 valence electrons. The van der Waals surface area contributed by atoms with Gasteiger partial charge in [0.1, 0.15) is 11.5 Å². The highest BCUT2D eigenvalue weighted by Gasteiger charge is 2.41. The van der Waals surface area contributed by atoms with Crippen LogP contribution < -0.4 is 11.1 Å². The predicted molar refractivity (Wildman–Crippen MR) is 183 cm³/mol. The van der Waals surface area contributed by atoms with E-state index in [9.17, 15) is 33.9 Å². The molecular weight excluding hydrogens is 683 g/mol. The number of aliphatic hydroxyl groups is 1. The molecule has 1 heterocycles. The quantitative estimate of drug-likeness (QED) is 0.0486. The van der Waals surface area contributed by atoms with Crippen molar-refractivity contribution in [2.75, 3.05) is 25.3 Å². The molecule has 0 bridgehead atoms. The van der Waals surface area contributed by atoms with E-state index in [0.29, 0.717) is 22.7 Å². The van der Waals surface area contributed by atoms with Crippen molar-refractivity contribution in [3.63, 3.8) is 0 Å². The van der Waals surface area contributed by atoms with E-state index in [-0.39, 0.29) is 52.5 Å². The number of halogens is 2. The summed E-state index contributed by atoms with van der Waals surface area (Å²) in [5.74, 6) is -4.42. The second kappa shape index (κ2) is 19.4. The minimum atomic E-state index is -1.27. The zero-order chi connectivity index (χ0) is 37.6. The Morgan fingerprint density at radius 3 is 1.76 bits per heavy atom. The normalized spacial score (nSPS) is 13.1. The Kier molecular flexibility index (Phi) is 16.8. The predicted octanol–water partition coefficient (Wildman–Crippen LogP) is 6.46. The van der Waals surface area contributed by atoms with Crippen LogP contribution in [-0.2, 0) is 38.1 Å². The van der Waals surface area contributed by atoms with Gasteiger partial charge in [0.15, 0.2) is 5.57 Å².